The van der Waals surface area contributed by atoms with Crippen LogP contribution in [0.1, 0.15) is 6.92 Å². The molecule has 4 N–H and O–H groups in total. The summed E-state index contributed by atoms with van der Waals surface area (Å²) >= 11 is 0. The molecule has 0 saturated carbocycles. The number of ketones is 1. The fourth-order valence-electron chi connectivity index (χ4n) is 0.743. The van der Waals surface area contributed by atoms with E-state index in [-0.39, 0.29) is 0 Å². The number of carbonyl (C=O) groups excluding carboxylic acids is 1. The van der Waals surface area contributed by atoms with Crippen molar-refractivity contribution in [2.24, 2.45) is 0 Å². The summed E-state index contributed by atoms with van der Waals surface area (Å²) in [5.74, 6) is -0.805. The van der Waals surface area contributed by atoms with Crippen LogP contribution in [0.5, 0.6) is 0 Å². The van der Waals surface area contributed by atoms with E-state index >= 15 is 0 Å². The molecule has 0 heterocycles. The van der Waals surface area contributed by atoms with Crippen LogP contribution in [0.2, 0.25) is 0 Å². The van der Waals surface area contributed by atoms with E-state index in [2.05, 4.69) is 0 Å². The first-order chi connectivity index (χ1) is 5.91. The zero-order chi connectivity index (χ0) is 10.6. The fourth-order valence-corrected chi connectivity index (χ4v) is 0.743. The summed E-state index contributed by atoms with van der Waals surface area (Å²) in [5.41, 5.74) is 0. The Hall–Kier alpha value is -0.560. The van der Waals surface area contributed by atoms with Crippen molar-refractivity contribution in [3.05, 3.63) is 0 Å². The molecule has 78 valence electrons. The average Bonchev–Trinajstić information content (AvgIpc) is 2.12. The highest BCUT2D eigenvalue weighted by atomic mass is 19.1. The quantitative estimate of drug-likeness (QED) is 0.407. The van der Waals surface area contributed by atoms with E-state index < -0.39 is 36.9 Å². The van der Waals surface area contributed by atoms with Crippen molar-refractivity contribution in [3.8, 4) is 0 Å². The minimum Gasteiger partial charge on any atom is -0.394 e. The molecule has 0 spiro atoms. The lowest BCUT2D eigenvalue weighted by Gasteiger charge is -2.21. The van der Waals surface area contributed by atoms with E-state index in [9.17, 15) is 9.18 Å². The van der Waals surface area contributed by atoms with Gasteiger partial charge in [-0.15, -0.1) is 0 Å². The molecule has 0 aromatic heterocycles. The number of halogens is 1. The Morgan fingerprint density at radius 1 is 1.38 bits per heavy atom. The van der Waals surface area contributed by atoms with Crippen LogP contribution in [0.4, 0.5) is 4.39 Å². The molecular weight excluding hydrogens is 183 g/mol. The predicted molar refractivity (Wildman–Crippen MR) is 40.7 cm³/mol. The van der Waals surface area contributed by atoms with Crippen molar-refractivity contribution < 1.29 is 29.6 Å². The Morgan fingerprint density at radius 3 is 2.15 bits per heavy atom. The molecule has 0 aliphatic carbocycles. The van der Waals surface area contributed by atoms with E-state index in [4.69, 9.17) is 20.4 Å². The minimum absolute atomic E-state index is 0.805. The molecule has 0 bridgehead atoms. The second kappa shape index (κ2) is 5.23. The summed E-state index contributed by atoms with van der Waals surface area (Å²) in [6.45, 7) is 0.0920. The van der Waals surface area contributed by atoms with Gasteiger partial charge in [0.1, 0.15) is 18.3 Å². The van der Waals surface area contributed by atoms with Crippen LogP contribution in [-0.2, 0) is 4.79 Å². The summed E-state index contributed by atoms with van der Waals surface area (Å²) in [5, 5.41) is 34.8. The number of carbonyl (C=O) groups is 1. The number of aliphatic hydroxyl groups is 4. The Labute approximate surface area is 74.4 Å². The van der Waals surface area contributed by atoms with Crippen molar-refractivity contribution in [3.63, 3.8) is 0 Å². The highest BCUT2D eigenvalue weighted by Crippen LogP contribution is 2.09. The molecule has 6 heteroatoms. The molecule has 0 saturated heterocycles. The maximum Gasteiger partial charge on any atom is 0.160 e. The van der Waals surface area contributed by atoms with Gasteiger partial charge in [-0.1, -0.05) is 0 Å². The van der Waals surface area contributed by atoms with Gasteiger partial charge in [-0.2, -0.15) is 0 Å². The summed E-state index contributed by atoms with van der Waals surface area (Å²) in [6, 6.07) is 0. The topological polar surface area (TPSA) is 98.0 Å². The third-order valence-corrected chi connectivity index (χ3v) is 1.62. The van der Waals surface area contributed by atoms with E-state index in [0.717, 1.165) is 6.92 Å². The van der Waals surface area contributed by atoms with Crippen LogP contribution in [0.15, 0.2) is 0 Å². The highest BCUT2D eigenvalue weighted by Gasteiger charge is 2.33. The molecule has 0 rings (SSSR count). The van der Waals surface area contributed by atoms with Crippen molar-refractivity contribution in [2.45, 2.75) is 31.4 Å². The average molecular weight is 196 g/mol. The van der Waals surface area contributed by atoms with Crippen LogP contribution in [0.25, 0.3) is 0 Å². The van der Waals surface area contributed by atoms with Gasteiger partial charge in [0, 0.05) is 0 Å². The number of hydrogen-bond donors (Lipinski definition) is 4. The predicted octanol–water partition coefficient (Wildman–Crippen LogP) is -2.01. The first kappa shape index (κ1) is 12.4. The Morgan fingerprint density at radius 2 is 1.85 bits per heavy atom. The lowest BCUT2D eigenvalue weighted by Crippen LogP contribution is -2.45. The maximum atomic E-state index is 12.8. The standard InChI is InChI=1S/C7H13FO5/c1-3(10)6(12)7(13)5(8)4(11)2-9/h4-7,9,11-13H,2H2,1H3/t4-,5-,6+,7+/m1/s1. The molecule has 0 fully saturated rings. The van der Waals surface area contributed by atoms with Crippen molar-refractivity contribution in [1.82, 2.24) is 0 Å². The van der Waals surface area contributed by atoms with E-state index in [1.807, 2.05) is 0 Å². The summed E-state index contributed by atoms with van der Waals surface area (Å²) in [7, 11) is 0. The van der Waals surface area contributed by atoms with Gasteiger partial charge in [0.15, 0.2) is 12.0 Å². The fraction of sp³-hybridized carbons (Fsp3) is 0.857. The zero-order valence-electron chi connectivity index (χ0n) is 7.09. The van der Waals surface area contributed by atoms with Crippen LogP contribution in [-0.4, -0.2) is 57.3 Å². The van der Waals surface area contributed by atoms with Crippen molar-refractivity contribution in [1.29, 1.82) is 0 Å². The molecule has 0 aromatic carbocycles. The van der Waals surface area contributed by atoms with Gasteiger partial charge >= 0.3 is 0 Å². The van der Waals surface area contributed by atoms with Gasteiger partial charge in [0.2, 0.25) is 0 Å². The normalized spacial score (nSPS) is 20.5. The molecule has 13 heavy (non-hydrogen) atoms. The van der Waals surface area contributed by atoms with Gasteiger partial charge < -0.3 is 20.4 Å². The second-order valence-corrected chi connectivity index (χ2v) is 2.74. The number of hydrogen-bond acceptors (Lipinski definition) is 5. The lowest BCUT2D eigenvalue weighted by molar-refractivity contribution is -0.137. The molecule has 0 amide bonds. The second-order valence-electron chi connectivity index (χ2n) is 2.74. The molecule has 4 atom stereocenters. The van der Waals surface area contributed by atoms with Crippen LogP contribution >= 0.6 is 0 Å². The summed E-state index contributed by atoms with van der Waals surface area (Å²) in [4.78, 5) is 10.5. The number of rotatable bonds is 5. The van der Waals surface area contributed by atoms with E-state index in [1.54, 1.807) is 0 Å². The molecule has 5 nitrogen and oxygen atoms in total. The van der Waals surface area contributed by atoms with E-state index in [1.165, 1.54) is 0 Å². The van der Waals surface area contributed by atoms with Crippen molar-refractivity contribution >= 4 is 5.78 Å². The van der Waals surface area contributed by atoms with Crippen LogP contribution in [0.3, 0.4) is 0 Å². The van der Waals surface area contributed by atoms with Crippen molar-refractivity contribution in [2.75, 3.05) is 6.61 Å². The number of Topliss-reactive ketones (excluding diaryl/α,β-unsaturated/α-hetero) is 1. The largest absolute Gasteiger partial charge is 0.394 e. The smallest absolute Gasteiger partial charge is 0.160 e. The van der Waals surface area contributed by atoms with Gasteiger partial charge in [-0.25, -0.2) is 4.39 Å². The molecular formula is C7H13FO5. The van der Waals surface area contributed by atoms with Gasteiger partial charge in [-0.3, -0.25) is 4.79 Å². The highest BCUT2D eigenvalue weighted by molar-refractivity contribution is 5.80. The lowest BCUT2D eigenvalue weighted by atomic mass is 10.0. The van der Waals surface area contributed by atoms with Crippen LogP contribution < -0.4 is 0 Å². The maximum absolute atomic E-state index is 12.8. The number of alkyl halides is 1. The minimum atomic E-state index is -2.25. The number of aliphatic hydroxyl groups excluding tert-OH is 4. The molecule has 0 radical (unpaired) electrons. The first-order valence-electron chi connectivity index (χ1n) is 3.71. The molecule has 0 aromatic rings. The summed E-state index contributed by atoms with van der Waals surface area (Å²) < 4.78 is 12.8. The van der Waals surface area contributed by atoms with Gasteiger partial charge in [0.05, 0.1) is 6.61 Å². The van der Waals surface area contributed by atoms with E-state index in [0.29, 0.717) is 0 Å². The monoisotopic (exact) mass is 196 g/mol. The molecule has 0 unspecified atom stereocenters. The van der Waals surface area contributed by atoms with Gasteiger partial charge in [-0.05, 0) is 6.92 Å². The molecule has 0 aliphatic rings. The third kappa shape index (κ3) is 3.35. The molecule has 0 aliphatic heterocycles. The summed E-state index contributed by atoms with van der Waals surface area (Å²) in [6.07, 6.45) is -7.94. The van der Waals surface area contributed by atoms with Gasteiger partial charge in [0.25, 0.3) is 0 Å². The zero-order valence-corrected chi connectivity index (χ0v) is 7.09. The Bertz CT molecular complexity index is 174. The Balaban J connectivity index is 4.24. The Kier molecular flexibility index (Phi) is 5.01. The first-order valence-corrected chi connectivity index (χ1v) is 3.71. The third-order valence-electron chi connectivity index (χ3n) is 1.62. The SMILES string of the molecule is CC(=O)[C@H](O)[C@@H](O)[C@H](F)[C@H](O)CO. The van der Waals surface area contributed by atoms with Crippen LogP contribution in [0, 0.1) is 0 Å².